The van der Waals surface area contributed by atoms with E-state index in [0.717, 1.165) is 4.90 Å². The van der Waals surface area contributed by atoms with Gasteiger partial charge in [0.25, 0.3) is 17.4 Å². The molecule has 7 heteroatoms. The first-order valence-electron chi connectivity index (χ1n) is 7.50. The monoisotopic (exact) mass is 325 g/mol. The number of hydrogen-bond donors (Lipinski definition) is 2. The van der Waals surface area contributed by atoms with Crippen molar-refractivity contribution in [3.8, 4) is 0 Å². The second-order valence-electron chi connectivity index (χ2n) is 5.37. The number of fused-ring (bicyclic) bond motifs is 1. The van der Waals surface area contributed by atoms with Gasteiger partial charge in [0.15, 0.2) is 0 Å². The highest BCUT2D eigenvalue weighted by atomic mass is 16.2. The van der Waals surface area contributed by atoms with Crippen LogP contribution >= 0.6 is 0 Å². The van der Waals surface area contributed by atoms with Gasteiger partial charge in [0.05, 0.1) is 11.1 Å². The van der Waals surface area contributed by atoms with E-state index < -0.39 is 0 Å². The summed E-state index contributed by atoms with van der Waals surface area (Å²) < 4.78 is 0. The Bertz CT molecular complexity index is 837. The van der Waals surface area contributed by atoms with Gasteiger partial charge in [-0.1, -0.05) is 12.1 Å². The molecule has 2 aromatic rings. The first kappa shape index (κ1) is 15.7. The highest BCUT2D eigenvalue weighted by Gasteiger charge is 2.34. The summed E-state index contributed by atoms with van der Waals surface area (Å²) in [7, 11) is 0. The van der Waals surface area contributed by atoms with Crippen LogP contribution in [0.3, 0.4) is 0 Å². The number of amides is 3. The topological polar surface area (TPSA) is 99.3 Å². The minimum absolute atomic E-state index is 0.0989. The molecule has 2 heterocycles. The molecule has 24 heavy (non-hydrogen) atoms. The molecule has 122 valence electrons. The number of anilines is 1. The molecule has 0 unspecified atom stereocenters. The predicted octanol–water partition coefficient (Wildman–Crippen LogP) is 1.39. The number of rotatable bonds is 5. The Morgan fingerprint density at radius 3 is 2.29 bits per heavy atom. The maximum atomic E-state index is 12.2. The van der Waals surface area contributed by atoms with Crippen LogP contribution in [0.2, 0.25) is 0 Å². The third-order valence-electron chi connectivity index (χ3n) is 3.76. The summed E-state index contributed by atoms with van der Waals surface area (Å²) in [6.45, 7) is 0.158. The number of hydrogen-bond acceptors (Lipinski definition) is 4. The van der Waals surface area contributed by atoms with Crippen LogP contribution in [-0.2, 0) is 4.79 Å². The molecule has 7 nitrogen and oxygen atoms in total. The number of carbonyl (C=O) groups excluding carboxylic acids is 3. The largest absolute Gasteiger partial charge is 0.327 e. The van der Waals surface area contributed by atoms with Gasteiger partial charge in [-0.15, -0.1) is 0 Å². The number of aromatic amines is 1. The van der Waals surface area contributed by atoms with Crippen molar-refractivity contribution in [2.45, 2.75) is 12.8 Å². The minimum Gasteiger partial charge on any atom is -0.327 e. The second kappa shape index (κ2) is 6.49. The van der Waals surface area contributed by atoms with Crippen molar-refractivity contribution in [1.82, 2.24) is 9.88 Å². The molecule has 0 bridgehead atoms. The van der Waals surface area contributed by atoms with E-state index in [0.29, 0.717) is 17.5 Å². The van der Waals surface area contributed by atoms with E-state index in [1.807, 2.05) is 0 Å². The van der Waals surface area contributed by atoms with Crippen LogP contribution in [0.4, 0.5) is 5.69 Å². The molecular weight excluding hydrogens is 310 g/mol. The highest BCUT2D eigenvalue weighted by Crippen LogP contribution is 2.22. The number of carbonyl (C=O) groups is 3. The normalized spacial score (nSPS) is 13.1. The van der Waals surface area contributed by atoms with E-state index in [4.69, 9.17) is 0 Å². The fraction of sp³-hybridized carbons (Fsp3) is 0.176. The van der Waals surface area contributed by atoms with Gasteiger partial charge in [0.2, 0.25) is 5.91 Å². The maximum absolute atomic E-state index is 12.2. The molecule has 0 radical (unpaired) electrons. The third kappa shape index (κ3) is 2.96. The molecular formula is C17H15N3O4. The molecule has 0 atom stereocenters. The molecule has 2 N–H and O–H groups in total. The smallest absolute Gasteiger partial charge is 0.271 e. The van der Waals surface area contributed by atoms with Crippen molar-refractivity contribution in [1.29, 1.82) is 0 Å². The highest BCUT2D eigenvalue weighted by molar-refractivity contribution is 6.21. The summed E-state index contributed by atoms with van der Waals surface area (Å²) in [4.78, 5) is 51.3. The average molecular weight is 325 g/mol. The van der Waals surface area contributed by atoms with Crippen molar-refractivity contribution in [2.75, 3.05) is 11.9 Å². The zero-order valence-electron chi connectivity index (χ0n) is 12.7. The first-order chi connectivity index (χ1) is 11.6. The van der Waals surface area contributed by atoms with Gasteiger partial charge in [-0.2, -0.15) is 0 Å². The lowest BCUT2D eigenvalue weighted by Gasteiger charge is -2.13. The lowest BCUT2D eigenvalue weighted by atomic mass is 10.1. The summed E-state index contributed by atoms with van der Waals surface area (Å²) in [5, 5.41) is 2.50. The van der Waals surface area contributed by atoms with Crippen LogP contribution in [0, 0.1) is 0 Å². The molecule has 0 saturated carbocycles. The van der Waals surface area contributed by atoms with Crippen molar-refractivity contribution >= 4 is 23.4 Å². The number of nitrogens with one attached hydrogen (secondary N) is 2. The Kier molecular flexibility index (Phi) is 4.24. The zero-order chi connectivity index (χ0) is 17.1. The van der Waals surface area contributed by atoms with E-state index in [-0.39, 0.29) is 41.9 Å². The molecule has 1 aliphatic heterocycles. The molecule has 3 amide bonds. The number of nitrogens with zero attached hydrogens (tertiary/aromatic N) is 1. The number of pyridine rings is 1. The van der Waals surface area contributed by atoms with E-state index in [9.17, 15) is 19.2 Å². The molecule has 0 spiro atoms. The van der Waals surface area contributed by atoms with Crippen LogP contribution in [0.15, 0.2) is 47.4 Å². The maximum Gasteiger partial charge on any atom is 0.271 e. The summed E-state index contributed by atoms with van der Waals surface area (Å²) in [6.07, 6.45) is 1.89. The lowest BCUT2D eigenvalue weighted by Crippen LogP contribution is -2.31. The Hall–Kier alpha value is -3.22. The number of imide groups is 1. The molecule has 0 saturated heterocycles. The molecule has 3 rings (SSSR count). The van der Waals surface area contributed by atoms with E-state index >= 15 is 0 Å². The second-order valence-corrected chi connectivity index (χ2v) is 5.37. The van der Waals surface area contributed by atoms with Gasteiger partial charge in [0.1, 0.15) is 5.69 Å². The minimum atomic E-state index is -0.383. The third-order valence-corrected chi connectivity index (χ3v) is 3.76. The molecule has 1 aromatic heterocycles. The van der Waals surface area contributed by atoms with Gasteiger partial charge in [-0.05, 0) is 30.7 Å². The van der Waals surface area contributed by atoms with Crippen LogP contribution < -0.4 is 10.9 Å². The van der Waals surface area contributed by atoms with E-state index in [1.165, 1.54) is 12.3 Å². The van der Waals surface area contributed by atoms with Gasteiger partial charge in [0, 0.05) is 19.2 Å². The fourth-order valence-corrected chi connectivity index (χ4v) is 2.57. The van der Waals surface area contributed by atoms with Crippen LogP contribution in [0.1, 0.15) is 33.6 Å². The first-order valence-corrected chi connectivity index (χ1v) is 7.50. The quantitative estimate of drug-likeness (QED) is 0.811. The number of aromatic nitrogens is 1. The molecule has 0 aliphatic carbocycles. The Morgan fingerprint density at radius 2 is 1.67 bits per heavy atom. The van der Waals surface area contributed by atoms with Gasteiger partial charge >= 0.3 is 0 Å². The Morgan fingerprint density at radius 1 is 1.00 bits per heavy atom. The van der Waals surface area contributed by atoms with Gasteiger partial charge < -0.3 is 10.3 Å². The molecule has 1 aliphatic rings. The lowest BCUT2D eigenvalue weighted by molar-refractivity contribution is -0.116. The zero-order valence-corrected chi connectivity index (χ0v) is 12.7. The van der Waals surface area contributed by atoms with Crippen molar-refractivity contribution in [3.05, 3.63) is 64.1 Å². The summed E-state index contributed by atoms with van der Waals surface area (Å²) >= 11 is 0. The van der Waals surface area contributed by atoms with E-state index in [1.54, 1.807) is 30.3 Å². The summed E-state index contributed by atoms with van der Waals surface area (Å²) in [5.74, 6) is -1.02. The standard InChI is InChI=1S/C17H15N3O4/c21-14(19-13-7-3-9-18-15(13)22)8-4-10-20-16(23)11-5-1-2-6-12(11)17(20)24/h1-3,5-7,9H,4,8,10H2,(H,18,22)(H,19,21). The van der Waals surface area contributed by atoms with Crippen LogP contribution in [0.25, 0.3) is 0 Å². The predicted molar refractivity (Wildman–Crippen MR) is 86.7 cm³/mol. The Balaban J connectivity index is 1.55. The average Bonchev–Trinajstić information content (AvgIpc) is 2.82. The Labute approximate surface area is 137 Å². The van der Waals surface area contributed by atoms with Crippen molar-refractivity contribution in [2.24, 2.45) is 0 Å². The van der Waals surface area contributed by atoms with E-state index in [2.05, 4.69) is 10.3 Å². The molecule has 0 fully saturated rings. The summed E-state index contributed by atoms with van der Waals surface area (Å²) in [5.41, 5.74) is 0.569. The number of H-pyrrole nitrogens is 1. The van der Waals surface area contributed by atoms with Gasteiger partial charge in [-0.25, -0.2) is 0 Å². The van der Waals surface area contributed by atoms with Crippen molar-refractivity contribution in [3.63, 3.8) is 0 Å². The van der Waals surface area contributed by atoms with Crippen LogP contribution in [-0.4, -0.2) is 34.2 Å². The number of benzene rings is 1. The van der Waals surface area contributed by atoms with Crippen LogP contribution in [0.5, 0.6) is 0 Å². The molecule has 1 aromatic carbocycles. The van der Waals surface area contributed by atoms with Crippen molar-refractivity contribution < 1.29 is 14.4 Å². The summed E-state index contributed by atoms with van der Waals surface area (Å²) in [6, 6.07) is 9.75. The fourth-order valence-electron chi connectivity index (χ4n) is 2.57. The SMILES string of the molecule is O=C(CCCN1C(=O)c2ccccc2C1=O)Nc1ccc[nH]c1=O. The van der Waals surface area contributed by atoms with Gasteiger partial charge in [-0.3, -0.25) is 24.1 Å².